The first-order valence-electron chi connectivity index (χ1n) is 5.73. The molecule has 0 saturated heterocycles. The van der Waals surface area contributed by atoms with Crippen LogP contribution in [-0.4, -0.2) is 33.8 Å². The van der Waals surface area contributed by atoms with Gasteiger partial charge in [-0.3, -0.25) is 10.1 Å². The third kappa shape index (κ3) is 6.63. The number of ether oxygens (including phenoxy) is 2. The molecule has 2 N–H and O–H groups in total. The van der Waals surface area contributed by atoms with Crippen LogP contribution in [0.25, 0.3) is 0 Å². The molecule has 0 radical (unpaired) electrons. The van der Waals surface area contributed by atoms with Gasteiger partial charge in [0.05, 0.1) is 18.6 Å². The number of rotatable bonds is 6. The van der Waals surface area contributed by atoms with Crippen LogP contribution in [-0.2, 0) is 14.8 Å². The van der Waals surface area contributed by atoms with Gasteiger partial charge in [-0.15, -0.1) is 12.4 Å². The number of sulfonamides is 1. The molecule has 1 aromatic rings. The molecule has 0 saturated carbocycles. The number of aryl methyl sites for hydroxylation is 1. The molecular weight excluding hydrogens is 304 g/mol. The fraction of sp³-hybridized carbons (Fsp3) is 0.417. The van der Waals surface area contributed by atoms with Crippen molar-refractivity contribution in [3.63, 3.8) is 0 Å². The lowest BCUT2D eigenvalue weighted by molar-refractivity contribution is 0.273. The maximum atomic E-state index is 11.2. The van der Waals surface area contributed by atoms with Crippen molar-refractivity contribution < 1.29 is 17.9 Å². The van der Waals surface area contributed by atoms with E-state index in [0.29, 0.717) is 18.0 Å². The van der Waals surface area contributed by atoms with E-state index in [4.69, 9.17) is 14.9 Å². The highest BCUT2D eigenvalue weighted by Crippen LogP contribution is 2.22. The maximum Gasteiger partial charge on any atom is 0.229 e. The third-order valence-electron chi connectivity index (χ3n) is 2.19. The van der Waals surface area contributed by atoms with Gasteiger partial charge in [0.1, 0.15) is 5.75 Å². The van der Waals surface area contributed by atoms with Gasteiger partial charge in [0.25, 0.3) is 0 Å². The molecule has 114 valence electrons. The zero-order valence-electron chi connectivity index (χ0n) is 11.6. The van der Waals surface area contributed by atoms with Gasteiger partial charge in [-0.05, 0) is 25.5 Å². The molecule has 0 heterocycles. The van der Waals surface area contributed by atoms with Crippen LogP contribution in [0.1, 0.15) is 12.5 Å². The van der Waals surface area contributed by atoms with Crippen LogP contribution >= 0.6 is 12.4 Å². The van der Waals surface area contributed by atoms with Crippen molar-refractivity contribution in [2.24, 2.45) is 0 Å². The number of anilines is 1. The Bertz CT molecular complexity index is 561. The second kappa shape index (κ2) is 7.96. The molecule has 1 rings (SSSR count). The first-order valence-corrected chi connectivity index (χ1v) is 7.62. The number of hydrogen-bond donors (Lipinski definition) is 2. The van der Waals surface area contributed by atoms with Crippen molar-refractivity contribution in [3.05, 3.63) is 23.8 Å². The van der Waals surface area contributed by atoms with Crippen molar-refractivity contribution in [3.8, 4) is 5.75 Å². The largest absolute Gasteiger partial charge is 0.484 e. The zero-order valence-corrected chi connectivity index (χ0v) is 13.2. The lowest BCUT2D eigenvalue weighted by Crippen LogP contribution is -2.14. The monoisotopic (exact) mass is 322 g/mol. The quantitative estimate of drug-likeness (QED) is 0.620. The summed E-state index contributed by atoms with van der Waals surface area (Å²) in [4.78, 5) is 0. The van der Waals surface area contributed by atoms with E-state index in [1.54, 1.807) is 32.0 Å². The molecule has 0 fully saturated rings. The van der Waals surface area contributed by atoms with E-state index in [2.05, 4.69) is 4.72 Å². The summed E-state index contributed by atoms with van der Waals surface area (Å²) in [5.74, 6) is 0.502. The van der Waals surface area contributed by atoms with E-state index in [-0.39, 0.29) is 24.9 Å². The van der Waals surface area contributed by atoms with Gasteiger partial charge >= 0.3 is 0 Å². The highest BCUT2D eigenvalue weighted by molar-refractivity contribution is 7.92. The predicted molar refractivity (Wildman–Crippen MR) is 81.7 cm³/mol. The first-order chi connectivity index (χ1) is 8.81. The van der Waals surface area contributed by atoms with Gasteiger partial charge < -0.3 is 9.47 Å². The van der Waals surface area contributed by atoms with Crippen molar-refractivity contribution in [2.75, 3.05) is 24.2 Å². The van der Waals surface area contributed by atoms with Crippen LogP contribution in [0.4, 0.5) is 5.69 Å². The Morgan fingerprint density at radius 1 is 1.40 bits per heavy atom. The molecule has 0 unspecified atom stereocenters. The molecule has 0 bridgehead atoms. The average Bonchev–Trinajstić information content (AvgIpc) is 2.29. The van der Waals surface area contributed by atoms with E-state index >= 15 is 0 Å². The lowest BCUT2D eigenvalue weighted by Gasteiger charge is -2.11. The van der Waals surface area contributed by atoms with Crippen LogP contribution in [0.3, 0.4) is 0 Å². The van der Waals surface area contributed by atoms with Gasteiger partial charge in [-0.25, -0.2) is 8.42 Å². The van der Waals surface area contributed by atoms with Gasteiger partial charge in [0, 0.05) is 6.07 Å². The smallest absolute Gasteiger partial charge is 0.229 e. The minimum atomic E-state index is -3.33. The Morgan fingerprint density at radius 2 is 2.05 bits per heavy atom. The highest BCUT2D eigenvalue weighted by atomic mass is 35.5. The van der Waals surface area contributed by atoms with Gasteiger partial charge in [-0.2, -0.15) is 0 Å². The summed E-state index contributed by atoms with van der Waals surface area (Å²) in [5.41, 5.74) is 1.25. The van der Waals surface area contributed by atoms with Crippen molar-refractivity contribution >= 4 is 34.0 Å². The summed E-state index contributed by atoms with van der Waals surface area (Å²) in [6.07, 6.45) is 1.09. The minimum Gasteiger partial charge on any atom is -0.484 e. The summed E-state index contributed by atoms with van der Waals surface area (Å²) in [7, 11) is -3.33. The highest BCUT2D eigenvalue weighted by Gasteiger charge is 2.07. The van der Waals surface area contributed by atoms with Crippen molar-refractivity contribution in [1.82, 2.24) is 0 Å². The molecule has 0 atom stereocenters. The van der Waals surface area contributed by atoms with E-state index < -0.39 is 10.0 Å². The van der Waals surface area contributed by atoms with Gasteiger partial charge in [-0.1, -0.05) is 6.07 Å². The van der Waals surface area contributed by atoms with Crippen molar-refractivity contribution in [2.45, 2.75) is 13.8 Å². The maximum absolute atomic E-state index is 11.2. The molecule has 0 amide bonds. The van der Waals surface area contributed by atoms with Gasteiger partial charge in [0.2, 0.25) is 15.9 Å². The minimum absolute atomic E-state index is 0. The molecular formula is C12H19ClN2O4S. The Labute approximate surface area is 125 Å². The summed E-state index contributed by atoms with van der Waals surface area (Å²) < 4.78 is 35.1. The van der Waals surface area contributed by atoms with E-state index in [1.165, 1.54) is 0 Å². The summed E-state index contributed by atoms with van der Waals surface area (Å²) in [6, 6.07) is 5.03. The number of benzene rings is 1. The Hall–Kier alpha value is -1.47. The topological polar surface area (TPSA) is 88.5 Å². The molecule has 8 heteroatoms. The average molecular weight is 323 g/mol. The Balaban J connectivity index is 0.00000361. The first kappa shape index (κ1) is 18.5. The second-order valence-electron chi connectivity index (χ2n) is 4.00. The predicted octanol–water partition coefficient (Wildman–Crippen LogP) is 2.18. The Morgan fingerprint density at radius 3 is 2.60 bits per heavy atom. The summed E-state index contributed by atoms with van der Waals surface area (Å²) in [6.45, 7) is 4.00. The molecule has 20 heavy (non-hydrogen) atoms. The summed E-state index contributed by atoms with van der Waals surface area (Å²) >= 11 is 0. The van der Waals surface area contributed by atoms with E-state index in [0.717, 1.165) is 11.8 Å². The van der Waals surface area contributed by atoms with Crippen LogP contribution in [0.15, 0.2) is 18.2 Å². The molecule has 0 aliphatic carbocycles. The Kier molecular flexibility index (Phi) is 7.38. The molecule has 0 aliphatic heterocycles. The molecule has 1 aromatic carbocycles. The van der Waals surface area contributed by atoms with Crippen LogP contribution in [0.5, 0.6) is 5.75 Å². The lowest BCUT2D eigenvalue weighted by atomic mass is 10.2. The van der Waals surface area contributed by atoms with Crippen molar-refractivity contribution in [1.29, 1.82) is 5.41 Å². The van der Waals surface area contributed by atoms with Crippen LogP contribution < -0.4 is 9.46 Å². The molecule has 0 spiro atoms. The van der Waals surface area contributed by atoms with Crippen LogP contribution in [0, 0.1) is 12.3 Å². The fourth-order valence-electron chi connectivity index (χ4n) is 1.37. The standard InChI is InChI=1S/C12H18N2O4S.ClH/c1-4-17-12(13)8-18-10-6-5-9(2)11(7-10)14-19(3,15)16;/h5-7,13-14H,4,8H2,1-3H3;1H. The van der Waals surface area contributed by atoms with Crippen LogP contribution in [0.2, 0.25) is 0 Å². The number of halogens is 1. The number of nitrogens with one attached hydrogen (secondary N) is 2. The molecule has 0 aliphatic rings. The fourth-order valence-corrected chi connectivity index (χ4v) is 1.98. The molecule has 0 aromatic heterocycles. The summed E-state index contributed by atoms with van der Waals surface area (Å²) in [5, 5.41) is 7.42. The van der Waals surface area contributed by atoms with E-state index in [9.17, 15) is 8.42 Å². The van der Waals surface area contributed by atoms with E-state index in [1.807, 2.05) is 0 Å². The zero-order chi connectivity index (χ0) is 14.5. The third-order valence-corrected chi connectivity index (χ3v) is 2.78. The second-order valence-corrected chi connectivity index (χ2v) is 5.74. The normalized spacial score (nSPS) is 10.3. The molecule has 6 nitrogen and oxygen atoms in total. The SMILES string of the molecule is CCOC(=N)COc1ccc(C)c(NS(C)(=O)=O)c1.Cl. The number of hydrogen-bond acceptors (Lipinski definition) is 5. The van der Waals surface area contributed by atoms with Gasteiger partial charge in [0.15, 0.2) is 6.61 Å².